The van der Waals surface area contributed by atoms with Crippen molar-refractivity contribution in [2.45, 2.75) is 56.3 Å². The quantitative estimate of drug-likeness (QED) is 0.320. The van der Waals surface area contributed by atoms with Crippen molar-refractivity contribution in [2.24, 2.45) is 0 Å². The van der Waals surface area contributed by atoms with E-state index in [1.165, 1.54) is 7.11 Å². The van der Waals surface area contributed by atoms with Gasteiger partial charge in [-0.1, -0.05) is 78.5 Å². The largest absolute Gasteiger partial charge is 0.465 e. The average molecular weight is 659 g/mol. The number of rotatable bonds is 8. The second-order valence-electron chi connectivity index (χ2n) is 11.1. The third kappa shape index (κ3) is 6.63. The first-order valence-electron chi connectivity index (χ1n) is 14.3. The zero-order valence-corrected chi connectivity index (χ0v) is 26.6. The van der Waals surface area contributed by atoms with Crippen LogP contribution in [-0.4, -0.2) is 56.6 Å². The fourth-order valence-electron chi connectivity index (χ4n) is 6.40. The molecule has 0 spiro atoms. The van der Waals surface area contributed by atoms with E-state index >= 15 is 0 Å². The lowest BCUT2D eigenvalue weighted by atomic mass is 9.76. The second-order valence-corrected chi connectivity index (χ2v) is 13.7. The summed E-state index contributed by atoms with van der Waals surface area (Å²) in [5.41, 5.74) is 2.28. The number of nitrogens with zero attached hydrogens (tertiary/aromatic N) is 1. The van der Waals surface area contributed by atoms with E-state index in [1.54, 1.807) is 71.6 Å². The summed E-state index contributed by atoms with van der Waals surface area (Å²) in [6, 6.07) is 16.7. The molecule has 3 aromatic carbocycles. The van der Waals surface area contributed by atoms with Crippen LogP contribution in [0.5, 0.6) is 0 Å². The van der Waals surface area contributed by atoms with Crippen LogP contribution in [0.15, 0.2) is 66.7 Å². The highest BCUT2D eigenvalue weighted by Crippen LogP contribution is 2.48. The molecule has 9 nitrogen and oxygen atoms in total. The minimum atomic E-state index is -3.60. The van der Waals surface area contributed by atoms with Crippen LogP contribution in [0.2, 0.25) is 10.0 Å². The molecule has 44 heavy (non-hydrogen) atoms. The van der Waals surface area contributed by atoms with Crippen LogP contribution in [0.25, 0.3) is 0 Å². The van der Waals surface area contributed by atoms with Crippen LogP contribution in [0.4, 0.5) is 0 Å². The Kier molecular flexibility index (Phi) is 9.65. The van der Waals surface area contributed by atoms with E-state index < -0.39 is 45.9 Å². The standard InChI is InChI=1S/C32H33Cl2N3O6S/c1-43-32(40)21-10-4-3-9-19(21)18-35-30(38)28-22-11-5-6-12-23(22)31(39)37(29(28)24-16-15-20(33)17-25(24)34)27-14-8-7-13-26(27)36-44(2,41)42/h3-6,9-12,15-17,26-29,36H,7-8,13-14,18H2,1-2H3,(H,35,38)/t26-,27-,28+,29-/m0/s1. The van der Waals surface area contributed by atoms with Crippen LogP contribution in [0.3, 0.4) is 0 Å². The lowest BCUT2D eigenvalue weighted by molar-refractivity contribution is -0.124. The lowest BCUT2D eigenvalue weighted by Gasteiger charge is -2.49. The molecule has 1 saturated carbocycles. The number of hydrogen-bond donors (Lipinski definition) is 2. The van der Waals surface area contributed by atoms with E-state index in [4.69, 9.17) is 27.9 Å². The SMILES string of the molecule is COC(=O)c1ccccc1CNC(=O)[C@@H]1c2ccccc2C(=O)N([C@H]2CCCC[C@@H]2NS(C)(=O)=O)[C@H]1c1ccc(Cl)cc1Cl. The molecule has 0 radical (unpaired) electrons. The number of halogens is 2. The van der Waals surface area contributed by atoms with Crippen molar-refractivity contribution in [1.29, 1.82) is 0 Å². The van der Waals surface area contributed by atoms with Gasteiger partial charge in [0.1, 0.15) is 0 Å². The molecule has 0 saturated heterocycles. The van der Waals surface area contributed by atoms with Crippen LogP contribution in [0, 0.1) is 0 Å². The Morgan fingerprint density at radius 3 is 2.41 bits per heavy atom. The number of methoxy groups -OCH3 is 1. The summed E-state index contributed by atoms with van der Waals surface area (Å²) in [4.78, 5) is 42.8. The smallest absolute Gasteiger partial charge is 0.338 e. The van der Waals surface area contributed by atoms with E-state index in [1.807, 2.05) is 0 Å². The molecule has 0 bridgehead atoms. The summed E-state index contributed by atoms with van der Waals surface area (Å²) < 4.78 is 32.4. The highest BCUT2D eigenvalue weighted by Gasteiger charge is 2.49. The van der Waals surface area contributed by atoms with Crippen molar-refractivity contribution in [3.05, 3.63) is 105 Å². The van der Waals surface area contributed by atoms with Gasteiger partial charge >= 0.3 is 5.97 Å². The zero-order valence-electron chi connectivity index (χ0n) is 24.3. The number of hydrogen-bond acceptors (Lipinski definition) is 6. The van der Waals surface area contributed by atoms with Gasteiger partial charge in [-0.25, -0.2) is 17.9 Å². The van der Waals surface area contributed by atoms with Gasteiger partial charge in [-0.05, 0) is 53.8 Å². The van der Waals surface area contributed by atoms with Gasteiger partial charge in [0, 0.05) is 34.2 Å². The number of carbonyl (C=O) groups is 3. The van der Waals surface area contributed by atoms with E-state index in [-0.39, 0.29) is 17.5 Å². The first-order chi connectivity index (χ1) is 21.0. The van der Waals surface area contributed by atoms with Crippen molar-refractivity contribution >= 4 is 51.0 Å². The summed E-state index contributed by atoms with van der Waals surface area (Å²) in [6.45, 7) is 0.0273. The Hall–Kier alpha value is -3.44. The molecular formula is C32H33Cl2N3O6S. The molecule has 1 aliphatic heterocycles. The van der Waals surface area contributed by atoms with Crippen molar-refractivity contribution in [3.63, 3.8) is 0 Å². The number of esters is 1. The van der Waals surface area contributed by atoms with Gasteiger partial charge in [-0.2, -0.15) is 0 Å². The number of carbonyl (C=O) groups excluding carboxylic acids is 3. The highest BCUT2D eigenvalue weighted by molar-refractivity contribution is 7.88. The maximum absolute atomic E-state index is 14.4. The minimum absolute atomic E-state index is 0.0273. The fourth-order valence-corrected chi connectivity index (χ4v) is 7.75. The third-order valence-corrected chi connectivity index (χ3v) is 9.56. The molecule has 0 aromatic heterocycles. The number of nitrogens with one attached hydrogen (secondary N) is 2. The Balaban J connectivity index is 1.63. The number of benzene rings is 3. The molecule has 232 valence electrons. The molecule has 4 atom stereocenters. The van der Waals surface area contributed by atoms with Gasteiger partial charge in [0.25, 0.3) is 5.91 Å². The van der Waals surface area contributed by atoms with E-state index in [0.717, 1.165) is 19.1 Å². The van der Waals surface area contributed by atoms with Gasteiger partial charge in [0.15, 0.2) is 0 Å². The zero-order chi connectivity index (χ0) is 31.6. The summed E-state index contributed by atoms with van der Waals surface area (Å²) in [7, 11) is -2.31. The summed E-state index contributed by atoms with van der Waals surface area (Å²) in [5, 5.41) is 3.65. The summed E-state index contributed by atoms with van der Waals surface area (Å²) in [5.74, 6) is -2.16. The topological polar surface area (TPSA) is 122 Å². The summed E-state index contributed by atoms with van der Waals surface area (Å²) >= 11 is 13.0. The summed E-state index contributed by atoms with van der Waals surface area (Å²) in [6.07, 6.45) is 3.73. The van der Waals surface area contributed by atoms with Crippen molar-refractivity contribution in [1.82, 2.24) is 14.9 Å². The minimum Gasteiger partial charge on any atom is -0.465 e. The molecule has 3 aromatic rings. The van der Waals surface area contributed by atoms with Crippen molar-refractivity contribution in [3.8, 4) is 0 Å². The lowest BCUT2D eigenvalue weighted by Crippen LogP contribution is -2.59. The molecule has 2 amide bonds. The van der Waals surface area contributed by atoms with Crippen molar-refractivity contribution in [2.75, 3.05) is 13.4 Å². The number of sulfonamides is 1. The Morgan fingerprint density at radius 2 is 1.68 bits per heavy atom. The third-order valence-electron chi connectivity index (χ3n) is 8.27. The molecule has 0 unspecified atom stereocenters. The molecule has 5 rings (SSSR count). The maximum atomic E-state index is 14.4. The molecular weight excluding hydrogens is 625 g/mol. The number of amides is 2. The molecule has 1 fully saturated rings. The van der Waals surface area contributed by atoms with E-state index in [2.05, 4.69) is 10.0 Å². The molecule has 12 heteroatoms. The van der Waals surface area contributed by atoms with Gasteiger partial charge in [0.2, 0.25) is 15.9 Å². The van der Waals surface area contributed by atoms with Gasteiger partial charge < -0.3 is 15.0 Å². The second kappa shape index (κ2) is 13.3. The Labute approximate surface area is 266 Å². The predicted molar refractivity (Wildman–Crippen MR) is 168 cm³/mol. The highest BCUT2D eigenvalue weighted by atomic mass is 35.5. The molecule has 2 N–H and O–H groups in total. The number of ether oxygens (including phenoxy) is 1. The molecule has 1 heterocycles. The Morgan fingerprint density at radius 1 is 0.977 bits per heavy atom. The van der Waals surface area contributed by atoms with Crippen LogP contribution in [0.1, 0.15) is 75.0 Å². The molecule has 1 aliphatic carbocycles. The van der Waals surface area contributed by atoms with Gasteiger partial charge in [-0.3, -0.25) is 9.59 Å². The van der Waals surface area contributed by atoms with E-state index in [0.29, 0.717) is 45.7 Å². The van der Waals surface area contributed by atoms with Crippen molar-refractivity contribution < 1.29 is 27.5 Å². The number of fused-ring (bicyclic) bond motifs is 1. The molecule has 2 aliphatic rings. The van der Waals surface area contributed by atoms with Crippen LogP contribution >= 0.6 is 23.2 Å². The first-order valence-corrected chi connectivity index (χ1v) is 16.9. The van der Waals surface area contributed by atoms with Gasteiger partial charge in [0.05, 0.1) is 30.9 Å². The Bertz CT molecular complexity index is 1700. The van der Waals surface area contributed by atoms with E-state index in [9.17, 15) is 22.8 Å². The maximum Gasteiger partial charge on any atom is 0.338 e. The first kappa shape index (κ1) is 32.0. The fraction of sp³-hybridized carbons (Fsp3) is 0.344. The monoisotopic (exact) mass is 657 g/mol. The van der Waals surface area contributed by atoms with Gasteiger partial charge in [-0.15, -0.1) is 0 Å². The average Bonchev–Trinajstić information content (AvgIpc) is 2.99. The van der Waals surface area contributed by atoms with Crippen LogP contribution in [-0.2, 0) is 26.1 Å². The predicted octanol–water partition coefficient (Wildman–Crippen LogP) is 5.24. The van der Waals surface area contributed by atoms with Crippen LogP contribution < -0.4 is 10.0 Å². The normalized spacial score (nSPS) is 21.8.